The summed E-state index contributed by atoms with van der Waals surface area (Å²) in [6.07, 6.45) is 4.85. The SMILES string of the molecule is Cc1cc2[nH]c1C(I)=c1cc(C)c([nH]1)=Cc1[nH]c(c(CCC(=O)O)c1C)C=c1[nH]c(c(C)c1CCC(=O)O)=C2I. The molecule has 8 bridgehead atoms. The van der Waals surface area contributed by atoms with Gasteiger partial charge in [-0.1, -0.05) is 0 Å². The number of H-pyrrole nitrogens is 4. The Labute approximate surface area is 257 Å². The third-order valence-electron chi connectivity index (χ3n) is 7.60. The zero-order valence-electron chi connectivity index (χ0n) is 22.6. The van der Waals surface area contributed by atoms with Crippen molar-refractivity contribution >= 4 is 76.4 Å². The number of aromatic nitrogens is 4. The lowest BCUT2D eigenvalue weighted by Gasteiger charge is -2.02. The Balaban J connectivity index is 1.91. The monoisotopic (exact) mass is 764 g/mol. The van der Waals surface area contributed by atoms with Gasteiger partial charge in [0, 0.05) is 34.9 Å². The van der Waals surface area contributed by atoms with E-state index in [4.69, 9.17) is 0 Å². The van der Waals surface area contributed by atoms with Crippen molar-refractivity contribution in [2.24, 2.45) is 0 Å². The summed E-state index contributed by atoms with van der Waals surface area (Å²) in [4.78, 5) is 37.3. The lowest BCUT2D eigenvalue weighted by atomic mass is 10.0. The van der Waals surface area contributed by atoms with Crippen LogP contribution in [0.5, 0.6) is 0 Å². The molecule has 0 unspecified atom stereocenters. The first-order valence-electron chi connectivity index (χ1n) is 13.0. The highest BCUT2D eigenvalue weighted by atomic mass is 127. The van der Waals surface area contributed by atoms with Gasteiger partial charge in [-0.3, -0.25) is 9.59 Å². The zero-order valence-corrected chi connectivity index (χ0v) is 26.9. The van der Waals surface area contributed by atoms with Crippen LogP contribution in [0.1, 0.15) is 69.0 Å². The summed E-state index contributed by atoms with van der Waals surface area (Å²) in [5, 5.41) is 22.6. The third-order valence-corrected chi connectivity index (χ3v) is 9.84. The number of nitrogens with one attached hydrogen (secondary N) is 4. The molecule has 4 aromatic heterocycles. The van der Waals surface area contributed by atoms with Gasteiger partial charge in [-0.15, -0.1) is 0 Å². The van der Waals surface area contributed by atoms with Gasteiger partial charge in [-0.2, -0.15) is 0 Å². The first-order chi connectivity index (χ1) is 18.9. The molecule has 0 saturated heterocycles. The van der Waals surface area contributed by atoms with Gasteiger partial charge >= 0.3 is 11.9 Å². The van der Waals surface area contributed by atoms with Gasteiger partial charge < -0.3 is 30.1 Å². The van der Waals surface area contributed by atoms with Crippen LogP contribution in [0, 0.1) is 27.7 Å². The summed E-state index contributed by atoms with van der Waals surface area (Å²) in [5.41, 5.74) is 9.84. The molecular weight excluding hydrogens is 734 g/mol. The van der Waals surface area contributed by atoms with Crippen molar-refractivity contribution in [1.82, 2.24) is 19.9 Å². The van der Waals surface area contributed by atoms with E-state index >= 15 is 0 Å². The summed E-state index contributed by atoms with van der Waals surface area (Å²) in [7, 11) is 0. The molecule has 6 N–H and O–H groups in total. The second kappa shape index (κ2) is 11.1. The van der Waals surface area contributed by atoms with Crippen LogP contribution in [0.4, 0.5) is 0 Å². The molecule has 1 aliphatic rings. The Morgan fingerprint density at radius 2 is 1.38 bits per heavy atom. The minimum atomic E-state index is -0.852. The Hall–Kier alpha value is -3.00. The topological polar surface area (TPSA) is 138 Å². The lowest BCUT2D eigenvalue weighted by molar-refractivity contribution is -0.138. The molecule has 0 spiro atoms. The molecule has 40 heavy (non-hydrogen) atoms. The van der Waals surface area contributed by atoms with Crippen LogP contribution in [-0.2, 0) is 22.4 Å². The van der Waals surface area contributed by atoms with E-state index < -0.39 is 11.9 Å². The summed E-state index contributed by atoms with van der Waals surface area (Å²) in [6.45, 7) is 8.20. The summed E-state index contributed by atoms with van der Waals surface area (Å²) in [6, 6.07) is 4.29. The minimum Gasteiger partial charge on any atom is -0.481 e. The molecule has 0 fully saturated rings. The second-order valence-electron chi connectivity index (χ2n) is 10.3. The highest BCUT2D eigenvalue weighted by Gasteiger charge is 2.18. The summed E-state index contributed by atoms with van der Waals surface area (Å²) < 4.78 is 2.08. The molecule has 8 nitrogen and oxygen atoms in total. The molecule has 0 atom stereocenters. The van der Waals surface area contributed by atoms with Crippen molar-refractivity contribution in [1.29, 1.82) is 0 Å². The highest BCUT2D eigenvalue weighted by Crippen LogP contribution is 2.28. The maximum Gasteiger partial charge on any atom is 0.303 e. The van der Waals surface area contributed by atoms with Crippen LogP contribution in [-0.4, -0.2) is 42.1 Å². The largest absolute Gasteiger partial charge is 0.481 e. The smallest absolute Gasteiger partial charge is 0.303 e. The maximum absolute atomic E-state index is 11.5. The van der Waals surface area contributed by atoms with Gasteiger partial charge in [0.05, 0.1) is 29.2 Å². The molecule has 4 aromatic rings. The number of hydrogen-bond acceptors (Lipinski definition) is 2. The van der Waals surface area contributed by atoms with Crippen LogP contribution in [0.3, 0.4) is 0 Å². The van der Waals surface area contributed by atoms with Crippen LogP contribution < -0.4 is 21.4 Å². The predicted octanol–water partition coefficient (Wildman–Crippen LogP) is 3.42. The quantitative estimate of drug-likeness (QED) is 0.168. The van der Waals surface area contributed by atoms with Crippen LogP contribution >= 0.6 is 45.2 Å². The molecule has 5 rings (SSSR count). The zero-order chi connectivity index (χ0) is 28.9. The molecular formula is C30H30I2N4O4. The van der Waals surface area contributed by atoms with E-state index in [9.17, 15) is 19.8 Å². The van der Waals surface area contributed by atoms with Gasteiger partial charge in [0.25, 0.3) is 0 Å². The first kappa shape index (κ1) is 28.5. The number of carboxylic acid groups (broad SMARTS) is 2. The maximum atomic E-state index is 11.5. The number of hydrogen-bond donors (Lipinski definition) is 6. The fourth-order valence-electron chi connectivity index (χ4n) is 5.36. The number of fused-ring (bicyclic) bond motifs is 8. The van der Waals surface area contributed by atoms with Gasteiger partial charge in [0.1, 0.15) is 0 Å². The first-order valence-corrected chi connectivity index (χ1v) is 15.1. The van der Waals surface area contributed by atoms with Gasteiger partial charge in [0.15, 0.2) is 0 Å². The van der Waals surface area contributed by atoms with Crippen LogP contribution in [0.15, 0.2) is 12.1 Å². The average Bonchev–Trinajstić information content (AvgIpc) is 3.61. The van der Waals surface area contributed by atoms with E-state index in [0.29, 0.717) is 12.8 Å². The minimum absolute atomic E-state index is 0.0112. The van der Waals surface area contributed by atoms with Gasteiger partial charge in [-0.05, 0) is 143 Å². The van der Waals surface area contributed by atoms with Crippen molar-refractivity contribution in [2.45, 2.75) is 53.4 Å². The number of aryl methyl sites for hydroxylation is 2. The normalized spacial score (nSPS) is 12.8. The molecule has 208 valence electrons. The molecule has 0 aliphatic carbocycles. The van der Waals surface area contributed by atoms with E-state index in [-0.39, 0.29) is 12.8 Å². The third kappa shape index (κ3) is 5.35. The van der Waals surface area contributed by atoms with Crippen molar-refractivity contribution in [3.05, 3.63) is 89.7 Å². The number of aromatic amines is 4. The Bertz CT molecular complexity index is 1930. The van der Waals surface area contributed by atoms with Crippen molar-refractivity contribution < 1.29 is 19.8 Å². The van der Waals surface area contributed by atoms with Crippen molar-refractivity contribution in [2.75, 3.05) is 0 Å². The van der Waals surface area contributed by atoms with E-state index in [0.717, 1.165) is 84.7 Å². The molecule has 1 aliphatic heterocycles. The summed E-state index contributed by atoms with van der Waals surface area (Å²) >= 11 is 4.72. The second-order valence-corrected chi connectivity index (χ2v) is 12.5. The Morgan fingerprint density at radius 3 is 2.05 bits per heavy atom. The average molecular weight is 764 g/mol. The summed E-state index contributed by atoms with van der Waals surface area (Å²) in [5.74, 6) is -1.70. The van der Waals surface area contributed by atoms with Crippen molar-refractivity contribution in [3.63, 3.8) is 0 Å². The van der Waals surface area contributed by atoms with Gasteiger partial charge in [0.2, 0.25) is 0 Å². The molecule has 0 saturated carbocycles. The Morgan fingerprint density at radius 1 is 0.725 bits per heavy atom. The van der Waals surface area contributed by atoms with E-state index in [1.807, 2.05) is 19.9 Å². The molecule has 0 radical (unpaired) electrons. The fourth-order valence-corrected chi connectivity index (χ4v) is 7.04. The Kier molecular flexibility index (Phi) is 7.92. The number of aliphatic carboxylic acids is 2. The fraction of sp³-hybridized carbons (Fsp3) is 0.267. The van der Waals surface area contributed by atoms with E-state index in [1.165, 1.54) is 0 Å². The molecule has 10 heteroatoms. The lowest BCUT2D eigenvalue weighted by Crippen LogP contribution is -2.15. The highest BCUT2D eigenvalue weighted by molar-refractivity contribution is 14.1. The number of halogens is 2. The standard InChI is InChI=1S/C30H30I2N4O4/c1-13-9-23-27(31)29-14(2)10-24(36-29)28(32)30-16(4)18(6-8-26(39)40)22(35-30)12-21-17(5-7-25(37)38)15(3)20(34-21)11-19(13)33-23/h9-12,33-36H,5-8H2,1-4H3,(H,37,38)(H,39,40). The molecule has 0 amide bonds. The number of carboxylic acids is 2. The van der Waals surface area contributed by atoms with Crippen molar-refractivity contribution in [3.8, 4) is 0 Å². The van der Waals surface area contributed by atoms with Crippen LogP contribution in [0.25, 0.3) is 19.3 Å². The van der Waals surface area contributed by atoms with Crippen LogP contribution in [0.2, 0.25) is 0 Å². The predicted molar refractivity (Wildman–Crippen MR) is 173 cm³/mol. The van der Waals surface area contributed by atoms with Gasteiger partial charge in [-0.25, -0.2) is 0 Å². The van der Waals surface area contributed by atoms with E-state index in [1.54, 1.807) is 0 Å². The number of rotatable bonds is 6. The molecule has 0 aromatic carbocycles. The number of carbonyl (C=O) groups is 2. The van der Waals surface area contributed by atoms with E-state index in [2.05, 4.69) is 97.2 Å². The molecule has 5 heterocycles.